The van der Waals surface area contributed by atoms with Gasteiger partial charge in [0.15, 0.2) is 5.82 Å². The standard InChI is InChI=1S/C17H16BrN3O3/c18-14-10-20-17(21(14)8-7-19)16-15(13(22)6-9-23-16)24-11-12-4-2-1-3-5-12/h1-6,9-10H,7-8,11,19H2. The van der Waals surface area contributed by atoms with Gasteiger partial charge < -0.3 is 19.5 Å². The molecule has 7 heteroatoms. The second kappa shape index (κ2) is 7.46. The minimum absolute atomic E-state index is 0.137. The first-order valence-corrected chi connectivity index (χ1v) is 8.20. The summed E-state index contributed by atoms with van der Waals surface area (Å²) >= 11 is 3.42. The van der Waals surface area contributed by atoms with Crippen molar-refractivity contribution in [2.75, 3.05) is 6.54 Å². The number of halogens is 1. The lowest BCUT2D eigenvalue weighted by Gasteiger charge is -2.11. The number of rotatable bonds is 6. The Morgan fingerprint density at radius 3 is 2.79 bits per heavy atom. The normalized spacial score (nSPS) is 10.8. The van der Waals surface area contributed by atoms with Gasteiger partial charge in [0, 0.05) is 19.2 Å². The summed E-state index contributed by atoms with van der Waals surface area (Å²) in [5.74, 6) is 0.920. The van der Waals surface area contributed by atoms with Crippen LogP contribution >= 0.6 is 15.9 Å². The van der Waals surface area contributed by atoms with Crippen LogP contribution in [0, 0.1) is 0 Å². The molecular formula is C17H16BrN3O3. The topological polar surface area (TPSA) is 83.3 Å². The highest BCUT2D eigenvalue weighted by Gasteiger charge is 2.19. The van der Waals surface area contributed by atoms with Crippen LogP contribution in [0.1, 0.15) is 5.56 Å². The maximum Gasteiger partial charge on any atom is 0.227 e. The van der Waals surface area contributed by atoms with E-state index in [4.69, 9.17) is 14.9 Å². The Hall–Kier alpha value is -2.38. The van der Waals surface area contributed by atoms with E-state index in [-0.39, 0.29) is 23.5 Å². The molecular weight excluding hydrogens is 374 g/mol. The molecule has 124 valence electrons. The first-order chi connectivity index (χ1) is 11.7. The number of nitrogens with two attached hydrogens (primary N) is 1. The quantitative estimate of drug-likeness (QED) is 0.700. The van der Waals surface area contributed by atoms with Gasteiger partial charge in [-0.15, -0.1) is 0 Å². The maximum atomic E-state index is 12.3. The van der Waals surface area contributed by atoms with Gasteiger partial charge in [-0.05, 0) is 21.5 Å². The summed E-state index contributed by atoms with van der Waals surface area (Å²) in [6.07, 6.45) is 2.97. The fourth-order valence-corrected chi connectivity index (χ4v) is 2.75. The van der Waals surface area contributed by atoms with Crippen LogP contribution in [0.4, 0.5) is 0 Å². The zero-order valence-corrected chi connectivity index (χ0v) is 14.4. The Balaban J connectivity index is 1.98. The van der Waals surface area contributed by atoms with Crippen molar-refractivity contribution < 1.29 is 9.15 Å². The van der Waals surface area contributed by atoms with E-state index in [1.165, 1.54) is 12.3 Å². The number of ether oxygens (including phenoxy) is 1. The molecule has 0 aliphatic heterocycles. The van der Waals surface area contributed by atoms with Gasteiger partial charge in [-0.2, -0.15) is 0 Å². The lowest BCUT2D eigenvalue weighted by molar-refractivity contribution is 0.294. The molecule has 0 saturated heterocycles. The van der Waals surface area contributed by atoms with Gasteiger partial charge >= 0.3 is 0 Å². The van der Waals surface area contributed by atoms with Crippen molar-refractivity contribution >= 4 is 15.9 Å². The molecule has 0 saturated carbocycles. The molecule has 0 spiro atoms. The summed E-state index contributed by atoms with van der Waals surface area (Å²) < 4.78 is 13.9. The average Bonchev–Trinajstić information content (AvgIpc) is 2.96. The smallest absolute Gasteiger partial charge is 0.227 e. The summed E-state index contributed by atoms with van der Waals surface area (Å²) in [7, 11) is 0. The van der Waals surface area contributed by atoms with Crippen LogP contribution in [-0.2, 0) is 13.2 Å². The average molecular weight is 390 g/mol. The van der Waals surface area contributed by atoms with Gasteiger partial charge in [0.05, 0.1) is 12.5 Å². The van der Waals surface area contributed by atoms with E-state index in [0.29, 0.717) is 18.9 Å². The molecule has 0 bridgehead atoms. The van der Waals surface area contributed by atoms with E-state index in [1.54, 1.807) is 6.20 Å². The second-order valence-electron chi connectivity index (χ2n) is 5.06. The van der Waals surface area contributed by atoms with Gasteiger partial charge in [-0.3, -0.25) is 4.79 Å². The zero-order valence-electron chi connectivity index (χ0n) is 12.8. The molecule has 1 aromatic carbocycles. The van der Waals surface area contributed by atoms with Crippen LogP contribution in [0.3, 0.4) is 0 Å². The van der Waals surface area contributed by atoms with Crippen molar-refractivity contribution in [3.8, 4) is 17.3 Å². The van der Waals surface area contributed by atoms with Crippen LogP contribution in [-0.4, -0.2) is 16.1 Å². The highest BCUT2D eigenvalue weighted by Crippen LogP contribution is 2.29. The molecule has 3 aromatic rings. The summed E-state index contributed by atoms with van der Waals surface area (Å²) in [6, 6.07) is 10.9. The number of hydrogen-bond donors (Lipinski definition) is 1. The third-order valence-electron chi connectivity index (χ3n) is 3.42. The number of nitrogens with zero attached hydrogens (tertiary/aromatic N) is 2. The van der Waals surface area contributed by atoms with Crippen molar-refractivity contribution in [1.29, 1.82) is 0 Å². The number of imidazole rings is 1. The molecule has 2 N–H and O–H groups in total. The highest BCUT2D eigenvalue weighted by atomic mass is 79.9. The van der Waals surface area contributed by atoms with Crippen LogP contribution < -0.4 is 15.9 Å². The molecule has 0 radical (unpaired) electrons. The van der Waals surface area contributed by atoms with E-state index in [9.17, 15) is 4.79 Å². The Labute approximate surface area is 147 Å². The summed E-state index contributed by atoms with van der Waals surface area (Å²) in [5, 5.41) is 0. The Bertz CT molecular complexity index is 874. The second-order valence-corrected chi connectivity index (χ2v) is 5.87. The monoisotopic (exact) mass is 389 g/mol. The first-order valence-electron chi connectivity index (χ1n) is 7.40. The predicted molar refractivity (Wildman–Crippen MR) is 93.7 cm³/mol. The molecule has 0 fully saturated rings. The van der Waals surface area contributed by atoms with E-state index in [0.717, 1.165) is 10.2 Å². The van der Waals surface area contributed by atoms with Crippen molar-refractivity contribution in [2.24, 2.45) is 5.73 Å². The van der Waals surface area contributed by atoms with Crippen molar-refractivity contribution in [2.45, 2.75) is 13.2 Å². The molecule has 0 unspecified atom stereocenters. The van der Waals surface area contributed by atoms with Crippen molar-refractivity contribution in [1.82, 2.24) is 9.55 Å². The maximum absolute atomic E-state index is 12.3. The van der Waals surface area contributed by atoms with E-state index in [1.807, 2.05) is 34.9 Å². The fraction of sp³-hybridized carbons (Fsp3) is 0.176. The fourth-order valence-electron chi connectivity index (χ4n) is 2.30. The summed E-state index contributed by atoms with van der Waals surface area (Å²) in [4.78, 5) is 16.6. The minimum atomic E-state index is -0.259. The van der Waals surface area contributed by atoms with Gasteiger partial charge in [-0.25, -0.2) is 4.98 Å². The molecule has 0 amide bonds. The largest absolute Gasteiger partial charge is 0.481 e. The number of aromatic nitrogens is 2. The molecule has 24 heavy (non-hydrogen) atoms. The first kappa shape index (κ1) is 16.5. The molecule has 0 aliphatic rings. The molecule has 3 rings (SSSR count). The van der Waals surface area contributed by atoms with E-state index < -0.39 is 0 Å². The van der Waals surface area contributed by atoms with Crippen LogP contribution in [0.5, 0.6) is 5.75 Å². The van der Waals surface area contributed by atoms with Crippen LogP contribution in [0.2, 0.25) is 0 Å². The molecule has 6 nitrogen and oxygen atoms in total. The summed E-state index contributed by atoms with van der Waals surface area (Å²) in [5.41, 5.74) is 6.34. The number of benzene rings is 1. The van der Waals surface area contributed by atoms with E-state index >= 15 is 0 Å². The van der Waals surface area contributed by atoms with Crippen LogP contribution in [0.25, 0.3) is 11.6 Å². The van der Waals surface area contributed by atoms with Crippen molar-refractivity contribution in [3.05, 3.63) is 69.2 Å². The van der Waals surface area contributed by atoms with Gasteiger partial charge in [0.2, 0.25) is 16.9 Å². The lowest BCUT2D eigenvalue weighted by atomic mass is 10.2. The molecule has 0 atom stereocenters. The molecule has 2 heterocycles. The third kappa shape index (κ3) is 3.42. The highest BCUT2D eigenvalue weighted by molar-refractivity contribution is 9.10. The minimum Gasteiger partial charge on any atom is -0.481 e. The van der Waals surface area contributed by atoms with E-state index in [2.05, 4.69) is 20.9 Å². The SMILES string of the molecule is NCCn1c(Br)cnc1-c1occc(=O)c1OCc1ccccc1. The van der Waals surface area contributed by atoms with Crippen LogP contribution in [0.15, 0.2) is 62.7 Å². The lowest BCUT2D eigenvalue weighted by Crippen LogP contribution is -2.13. The van der Waals surface area contributed by atoms with Gasteiger partial charge in [0.25, 0.3) is 0 Å². The molecule has 0 aliphatic carbocycles. The predicted octanol–water partition coefficient (Wildman–Crippen LogP) is 2.80. The Morgan fingerprint density at radius 2 is 2.04 bits per heavy atom. The third-order valence-corrected chi connectivity index (χ3v) is 4.06. The van der Waals surface area contributed by atoms with Gasteiger partial charge in [-0.1, -0.05) is 30.3 Å². The summed E-state index contributed by atoms with van der Waals surface area (Å²) in [6.45, 7) is 1.23. The Kier molecular flexibility index (Phi) is 5.12. The zero-order chi connectivity index (χ0) is 16.9. The van der Waals surface area contributed by atoms with Gasteiger partial charge in [0.1, 0.15) is 11.2 Å². The van der Waals surface area contributed by atoms with Crippen molar-refractivity contribution in [3.63, 3.8) is 0 Å². The Morgan fingerprint density at radius 1 is 1.25 bits per heavy atom. The number of hydrogen-bond acceptors (Lipinski definition) is 5. The molecule has 2 aromatic heterocycles.